The zero-order chi connectivity index (χ0) is 14.8. The van der Waals surface area contributed by atoms with Crippen LogP contribution in [-0.4, -0.2) is 15.9 Å². The molecule has 0 atom stereocenters. The molecule has 3 aromatic rings. The molecule has 4 nitrogen and oxygen atoms in total. The maximum atomic E-state index is 5.77. The Hall–Kier alpha value is -2.40. The Morgan fingerprint density at radius 2 is 2.10 bits per heavy atom. The Kier molecular flexibility index (Phi) is 3.58. The Bertz CT molecular complexity index is 798. The second-order valence-corrected chi connectivity index (χ2v) is 6.15. The number of hydrogen-bond acceptors (Lipinski definition) is 4. The summed E-state index contributed by atoms with van der Waals surface area (Å²) in [5, 5.41) is 4.34. The number of aryl methyl sites for hydroxylation is 2. The van der Waals surface area contributed by atoms with Crippen LogP contribution in [0.3, 0.4) is 0 Å². The fourth-order valence-electron chi connectivity index (χ4n) is 2.09. The van der Waals surface area contributed by atoms with E-state index in [-0.39, 0.29) is 0 Å². The van der Waals surface area contributed by atoms with Gasteiger partial charge in [0.2, 0.25) is 5.95 Å². The molecule has 0 aliphatic carbocycles. The quantitative estimate of drug-likeness (QED) is 0.749. The fourth-order valence-corrected chi connectivity index (χ4v) is 2.95. The number of rotatable bonds is 3. The van der Waals surface area contributed by atoms with Crippen LogP contribution >= 0.6 is 11.3 Å². The lowest BCUT2D eigenvalue weighted by molar-refractivity contribution is 0.897. The maximum absolute atomic E-state index is 5.77. The van der Waals surface area contributed by atoms with Gasteiger partial charge in [-0.3, -0.25) is 0 Å². The summed E-state index contributed by atoms with van der Waals surface area (Å²) in [6, 6.07) is 12.6. The van der Waals surface area contributed by atoms with Crippen LogP contribution in [-0.2, 0) is 0 Å². The number of nitrogens with zero attached hydrogens (tertiary/aromatic N) is 3. The number of benzene rings is 1. The van der Waals surface area contributed by atoms with Crippen LogP contribution in [0.4, 0.5) is 5.95 Å². The molecule has 0 amide bonds. The van der Waals surface area contributed by atoms with E-state index in [2.05, 4.69) is 41.3 Å². The molecule has 106 valence electrons. The lowest BCUT2D eigenvalue weighted by Crippen LogP contribution is -1.96. The zero-order valence-electron chi connectivity index (χ0n) is 11.9. The van der Waals surface area contributed by atoms with Gasteiger partial charge in [-0.05, 0) is 43.2 Å². The van der Waals surface area contributed by atoms with Crippen molar-refractivity contribution in [2.24, 2.45) is 5.10 Å². The van der Waals surface area contributed by atoms with Gasteiger partial charge < -0.3 is 5.73 Å². The van der Waals surface area contributed by atoms with Crippen LogP contribution in [0.15, 0.2) is 47.7 Å². The molecule has 5 heteroatoms. The van der Waals surface area contributed by atoms with Crippen LogP contribution < -0.4 is 5.73 Å². The molecule has 1 aromatic carbocycles. The van der Waals surface area contributed by atoms with Crippen molar-refractivity contribution in [3.05, 3.63) is 58.7 Å². The van der Waals surface area contributed by atoms with Gasteiger partial charge in [0, 0.05) is 9.75 Å². The number of anilines is 1. The number of thiophene rings is 1. The van der Waals surface area contributed by atoms with E-state index in [9.17, 15) is 0 Å². The smallest absolute Gasteiger partial charge is 0.221 e. The summed E-state index contributed by atoms with van der Waals surface area (Å²) in [5.41, 5.74) is 8.86. The highest BCUT2D eigenvalue weighted by Gasteiger charge is 2.02. The van der Waals surface area contributed by atoms with Crippen molar-refractivity contribution in [1.82, 2.24) is 9.66 Å². The molecular weight excluding hydrogens is 280 g/mol. The number of imidazole rings is 1. The molecule has 2 heterocycles. The molecular formula is C16H16N4S. The normalized spacial score (nSPS) is 11.3. The topological polar surface area (TPSA) is 56.2 Å². The highest BCUT2D eigenvalue weighted by molar-refractivity contribution is 7.15. The zero-order valence-corrected chi connectivity index (χ0v) is 12.8. The summed E-state index contributed by atoms with van der Waals surface area (Å²) in [5.74, 6) is 0.397. The van der Waals surface area contributed by atoms with Crippen LogP contribution in [0.5, 0.6) is 0 Å². The van der Waals surface area contributed by atoms with E-state index in [1.165, 1.54) is 15.3 Å². The molecule has 0 fully saturated rings. The van der Waals surface area contributed by atoms with Crippen molar-refractivity contribution < 1.29 is 0 Å². The monoisotopic (exact) mass is 296 g/mol. The van der Waals surface area contributed by atoms with E-state index in [1.807, 2.05) is 19.1 Å². The van der Waals surface area contributed by atoms with Gasteiger partial charge in [0.05, 0.1) is 18.1 Å². The first kappa shape index (κ1) is 13.6. The van der Waals surface area contributed by atoms with Gasteiger partial charge in [0.25, 0.3) is 0 Å². The van der Waals surface area contributed by atoms with Crippen molar-refractivity contribution in [3.63, 3.8) is 0 Å². The summed E-state index contributed by atoms with van der Waals surface area (Å²) in [6.07, 6.45) is 3.60. The van der Waals surface area contributed by atoms with Crippen molar-refractivity contribution >= 4 is 23.5 Å². The van der Waals surface area contributed by atoms with Crippen LogP contribution in [0.1, 0.15) is 16.1 Å². The summed E-state index contributed by atoms with van der Waals surface area (Å²) >= 11 is 1.79. The van der Waals surface area contributed by atoms with E-state index in [1.54, 1.807) is 28.4 Å². The first-order chi connectivity index (χ1) is 10.1. The number of nitrogens with two attached hydrogens (primary N) is 1. The molecule has 0 aliphatic heterocycles. The summed E-state index contributed by atoms with van der Waals surface area (Å²) in [7, 11) is 0. The first-order valence-electron chi connectivity index (χ1n) is 6.64. The van der Waals surface area contributed by atoms with Gasteiger partial charge in [-0.25, -0.2) is 9.66 Å². The minimum atomic E-state index is 0.397. The molecule has 0 aliphatic rings. The molecule has 2 aromatic heterocycles. The second-order valence-electron chi connectivity index (χ2n) is 4.87. The molecule has 0 spiro atoms. The molecule has 0 radical (unpaired) electrons. The van der Waals surface area contributed by atoms with Gasteiger partial charge in [0.15, 0.2) is 0 Å². The van der Waals surface area contributed by atoms with Crippen molar-refractivity contribution in [2.45, 2.75) is 13.8 Å². The van der Waals surface area contributed by atoms with Crippen molar-refractivity contribution in [3.8, 4) is 10.4 Å². The summed E-state index contributed by atoms with van der Waals surface area (Å²) < 4.78 is 1.58. The molecule has 0 saturated carbocycles. The third-order valence-corrected chi connectivity index (χ3v) is 4.13. The Balaban J connectivity index is 1.88. The first-order valence-corrected chi connectivity index (χ1v) is 7.46. The van der Waals surface area contributed by atoms with Crippen molar-refractivity contribution in [1.29, 1.82) is 0 Å². The van der Waals surface area contributed by atoms with E-state index in [0.717, 1.165) is 11.3 Å². The number of nitrogen functional groups attached to an aromatic ring is 1. The van der Waals surface area contributed by atoms with Gasteiger partial charge in [-0.1, -0.05) is 18.2 Å². The predicted octanol–water partition coefficient (Wildman–Crippen LogP) is 3.69. The maximum Gasteiger partial charge on any atom is 0.221 e. The molecule has 0 saturated heterocycles. The van der Waals surface area contributed by atoms with E-state index >= 15 is 0 Å². The van der Waals surface area contributed by atoms with Crippen LogP contribution in [0.2, 0.25) is 0 Å². The van der Waals surface area contributed by atoms with Crippen LogP contribution in [0, 0.1) is 13.8 Å². The lowest BCUT2D eigenvalue weighted by Gasteiger charge is -2.00. The lowest BCUT2D eigenvalue weighted by atomic mass is 10.1. The van der Waals surface area contributed by atoms with E-state index < -0.39 is 0 Å². The Labute approximate surface area is 127 Å². The number of aromatic nitrogens is 2. The average molecular weight is 296 g/mol. The molecule has 2 N–H and O–H groups in total. The third kappa shape index (κ3) is 3.03. The summed E-state index contributed by atoms with van der Waals surface area (Å²) in [6.45, 7) is 4.01. The van der Waals surface area contributed by atoms with E-state index in [0.29, 0.717) is 5.95 Å². The minimum Gasteiger partial charge on any atom is -0.368 e. The standard InChI is InChI=1S/C16H16N4S/c1-11-10-20(16(17)19-11)18-9-13-4-3-5-14(8-13)15-7-6-12(2)21-15/h3-10H,1-2H3,(H2,17,19). The molecule has 3 rings (SSSR count). The number of hydrogen-bond donors (Lipinski definition) is 1. The van der Waals surface area contributed by atoms with Gasteiger partial charge >= 0.3 is 0 Å². The fraction of sp³-hybridized carbons (Fsp3) is 0.125. The minimum absolute atomic E-state index is 0.397. The Morgan fingerprint density at radius 1 is 1.24 bits per heavy atom. The van der Waals surface area contributed by atoms with E-state index in [4.69, 9.17) is 5.73 Å². The van der Waals surface area contributed by atoms with Gasteiger partial charge in [-0.15, -0.1) is 11.3 Å². The largest absolute Gasteiger partial charge is 0.368 e. The average Bonchev–Trinajstić information content (AvgIpc) is 3.03. The highest BCUT2D eigenvalue weighted by atomic mass is 32.1. The third-order valence-electron chi connectivity index (χ3n) is 3.08. The molecule has 0 bridgehead atoms. The van der Waals surface area contributed by atoms with Crippen LogP contribution in [0.25, 0.3) is 10.4 Å². The molecule has 21 heavy (non-hydrogen) atoms. The SMILES string of the molecule is Cc1cn(N=Cc2cccc(-c3ccc(C)s3)c2)c(N)n1. The second kappa shape index (κ2) is 5.54. The highest BCUT2D eigenvalue weighted by Crippen LogP contribution is 2.27. The van der Waals surface area contributed by atoms with Gasteiger partial charge in [0.1, 0.15) is 0 Å². The Morgan fingerprint density at radius 3 is 2.76 bits per heavy atom. The molecule has 0 unspecified atom stereocenters. The van der Waals surface area contributed by atoms with Crippen molar-refractivity contribution in [2.75, 3.05) is 5.73 Å². The summed E-state index contributed by atoms with van der Waals surface area (Å²) in [4.78, 5) is 6.70. The van der Waals surface area contributed by atoms with Gasteiger partial charge in [-0.2, -0.15) is 5.10 Å². The predicted molar refractivity (Wildman–Crippen MR) is 88.9 cm³/mol.